The summed E-state index contributed by atoms with van der Waals surface area (Å²) in [4.78, 5) is 34.4. The molecule has 2 N–H and O–H groups in total. The number of rotatable bonds is 6. The van der Waals surface area contributed by atoms with Crippen LogP contribution in [0.2, 0.25) is 5.28 Å². The molecule has 0 bridgehead atoms. The summed E-state index contributed by atoms with van der Waals surface area (Å²) in [5.74, 6) is 0.727. The van der Waals surface area contributed by atoms with E-state index < -0.39 is 0 Å². The summed E-state index contributed by atoms with van der Waals surface area (Å²) in [7, 11) is 0. The Balaban J connectivity index is 1.36. The second kappa shape index (κ2) is 7.91. The third kappa shape index (κ3) is 4.02. The Labute approximate surface area is 161 Å². The monoisotopic (exact) mass is 388 g/mol. The van der Waals surface area contributed by atoms with Gasteiger partial charge in [-0.1, -0.05) is 0 Å². The number of piperidine rings is 1. The number of nitrogens with one attached hydrogen (secondary N) is 2. The molecule has 1 atom stereocenters. The zero-order valence-electron chi connectivity index (χ0n) is 14.8. The molecule has 3 aromatic rings. The first-order chi connectivity index (χ1) is 13.2. The zero-order valence-corrected chi connectivity index (χ0v) is 15.6. The van der Waals surface area contributed by atoms with E-state index in [0.717, 1.165) is 37.9 Å². The number of carbonyl (C=O) groups is 1. The molecule has 142 valence electrons. The maximum absolute atomic E-state index is 12.6. The summed E-state index contributed by atoms with van der Waals surface area (Å²) in [6.07, 6.45) is 9.70. The van der Waals surface area contributed by atoms with Crippen LogP contribution in [-0.4, -0.2) is 55.0 Å². The van der Waals surface area contributed by atoms with Crippen LogP contribution in [0.15, 0.2) is 25.0 Å². The van der Waals surface area contributed by atoms with Gasteiger partial charge in [0, 0.05) is 38.6 Å². The SMILES string of the molecule is O=C(NCCCn1ccnc1)[C@@H]1CCCN(c2nc(Cl)nc3nc[nH]c23)C1. The fraction of sp³-hybridized carbons (Fsp3) is 0.471. The first kappa shape index (κ1) is 17.7. The lowest BCUT2D eigenvalue weighted by Gasteiger charge is -2.33. The number of aryl methyl sites for hydroxylation is 1. The number of halogens is 1. The summed E-state index contributed by atoms with van der Waals surface area (Å²) in [5, 5.41) is 3.21. The van der Waals surface area contributed by atoms with E-state index >= 15 is 0 Å². The molecular formula is C17H21ClN8O. The predicted octanol–water partition coefficient (Wildman–Crippen LogP) is 1.63. The highest BCUT2D eigenvalue weighted by Crippen LogP contribution is 2.27. The summed E-state index contributed by atoms with van der Waals surface area (Å²) >= 11 is 6.04. The molecule has 1 fully saturated rings. The Morgan fingerprint density at radius 3 is 3.19 bits per heavy atom. The van der Waals surface area contributed by atoms with Gasteiger partial charge in [0.1, 0.15) is 5.52 Å². The minimum Gasteiger partial charge on any atom is -0.356 e. The first-order valence-electron chi connectivity index (χ1n) is 9.06. The number of imidazole rings is 2. The molecule has 4 rings (SSSR count). The van der Waals surface area contributed by atoms with Gasteiger partial charge in [-0.15, -0.1) is 0 Å². The Hall–Kier alpha value is -2.68. The number of H-pyrrole nitrogens is 1. The highest BCUT2D eigenvalue weighted by atomic mass is 35.5. The van der Waals surface area contributed by atoms with Gasteiger partial charge in [0.05, 0.1) is 18.6 Å². The fourth-order valence-electron chi connectivity index (χ4n) is 3.44. The van der Waals surface area contributed by atoms with E-state index in [1.165, 1.54) is 0 Å². The van der Waals surface area contributed by atoms with E-state index in [9.17, 15) is 4.79 Å². The van der Waals surface area contributed by atoms with Crippen molar-refractivity contribution in [2.24, 2.45) is 5.92 Å². The van der Waals surface area contributed by atoms with Crippen molar-refractivity contribution in [2.75, 3.05) is 24.5 Å². The van der Waals surface area contributed by atoms with Crippen LogP contribution in [-0.2, 0) is 11.3 Å². The van der Waals surface area contributed by atoms with Gasteiger partial charge in [-0.25, -0.2) is 9.97 Å². The van der Waals surface area contributed by atoms with Gasteiger partial charge in [-0.3, -0.25) is 4.79 Å². The van der Waals surface area contributed by atoms with Gasteiger partial charge in [-0.2, -0.15) is 9.97 Å². The van der Waals surface area contributed by atoms with Crippen molar-refractivity contribution in [2.45, 2.75) is 25.8 Å². The average molecular weight is 389 g/mol. The summed E-state index contributed by atoms with van der Waals surface area (Å²) in [6, 6.07) is 0. The largest absolute Gasteiger partial charge is 0.356 e. The fourth-order valence-corrected chi connectivity index (χ4v) is 3.60. The van der Waals surface area contributed by atoms with Crippen LogP contribution in [0.1, 0.15) is 19.3 Å². The van der Waals surface area contributed by atoms with Gasteiger partial charge in [0.15, 0.2) is 11.5 Å². The van der Waals surface area contributed by atoms with Gasteiger partial charge in [0.2, 0.25) is 11.2 Å². The molecule has 3 aromatic heterocycles. The maximum Gasteiger partial charge on any atom is 0.226 e. The minimum atomic E-state index is -0.0706. The van der Waals surface area contributed by atoms with Crippen LogP contribution >= 0.6 is 11.6 Å². The molecule has 9 nitrogen and oxygen atoms in total. The lowest BCUT2D eigenvalue weighted by atomic mass is 9.97. The summed E-state index contributed by atoms with van der Waals surface area (Å²) in [5.41, 5.74) is 1.29. The van der Waals surface area contributed by atoms with Crippen molar-refractivity contribution < 1.29 is 4.79 Å². The minimum absolute atomic E-state index is 0.0706. The second-order valence-electron chi connectivity index (χ2n) is 6.65. The van der Waals surface area contributed by atoms with Crippen LogP contribution in [0.4, 0.5) is 5.82 Å². The molecule has 27 heavy (non-hydrogen) atoms. The van der Waals surface area contributed by atoms with E-state index in [-0.39, 0.29) is 17.1 Å². The lowest BCUT2D eigenvalue weighted by molar-refractivity contribution is -0.125. The molecule has 4 heterocycles. The Bertz CT molecular complexity index is 909. The topological polar surface area (TPSA) is 105 Å². The molecular weight excluding hydrogens is 368 g/mol. The molecule has 0 aliphatic carbocycles. The van der Waals surface area contributed by atoms with E-state index in [2.05, 4.69) is 35.1 Å². The van der Waals surface area contributed by atoms with E-state index in [0.29, 0.717) is 24.6 Å². The number of aromatic nitrogens is 6. The van der Waals surface area contributed by atoms with Crippen LogP contribution in [0.5, 0.6) is 0 Å². The Morgan fingerprint density at radius 2 is 2.33 bits per heavy atom. The number of fused-ring (bicyclic) bond motifs is 1. The predicted molar refractivity (Wildman–Crippen MR) is 101 cm³/mol. The standard InChI is InChI=1S/C17H21ClN8O/c18-17-23-14-13(21-10-22-14)15(24-17)26-7-1-3-12(9-26)16(27)20-4-2-6-25-8-5-19-11-25/h5,8,10-12H,1-4,6-7,9H2,(H,20,27)(H,21,22,23,24)/t12-/m1/s1. The Morgan fingerprint density at radius 1 is 1.41 bits per heavy atom. The van der Waals surface area contributed by atoms with Gasteiger partial charge < -0.3 is 19.8 Å². The van der Waals surface area contributed by atoms with E-state index in [4.69, 9.17) is 11.6 Å². The van der Waals surface area contributed by atoms with E-state index in [1.807, 2.05) is 10.8 Å². The van der Waals surface area contributed by atoms with Crippen LogP contribution in [0.25, 0.3) is 11.2 Å². The number of nitrogens with zero attached hydrogens (tertiary/aromatic N) is 6. The molecule has 1 saturated heterocycles. The average Bonchev–Trinajstić information content (AvgIpc) is 3.36. The quantitative estimate of drug-likeness (QED) is 0.491. The van der Waals surface area contributed by atoms with Gasteiger partial charge in [0.25, 0.3) is 0 Å². The third-order valence-corrected chi connectivity index (χ3v) is 4.95. The zero-order chi connectivity index (χ0) is 18.6. The lowest BCUT2D eigenvalue weighted by Crippen LogP contribution is -2.43. The summed E-state index contributed by atoms with van der Waals surface area (Å²) < 4.78 is 2.00. The third-order valence-electron chi connectivity index (χ3n) is 4.78. The number of amides is 1. The molecule has 1 aliphatic rings. The van der Waals surface area contributed by atoms with Crippen molar-refractivity contribution in [1.82, 2.24) is 34.8 Å². The number of aromatic amines is 1. The smallest absolute Gasteiger partial charge is 0.226 e. The highest BCUT2D eigenvalue weighted by Gasteiger charge is 2.28. The van der Waals surface area contributed by atoms with Crippen molar-refractivity contribution in [3.8, 4) is 0 Å². The van der Waals surface area contributed by atoms with Crippen LogP contribution in [0, 0.1) is 5.92 Å². The molecule has 0 aromatic carbocycles. The second-order valence-corrected chi connectivity index (χ2v) is 6.99. The summed E-state index contributed by atoms with van der Waals surface area (Å²) in [6.45, 7) is 2.92. The van der Waals surface area contributed by atoms with E-state index in [1.54, 1.807) is 18.9 Å². The molecule has 0 radical (unpaired) electrons. The molecule has 1 aliphatic heterocycles. The molecule has 0 unspecified atom stereocenters. The van der Waals surface area contributed by atoms with Crippen molar-refractivity contribution in [1.29, 1.82) is 0 Å². The number of carbonyl (C=O) groups excluding carboxylic acids is 1. The first-order valence-corrected chi connectivity index (χ1v) is 9.43. The molecule has 0 saturated carbocycles. The van der Waals surface area contributed by atoms with Crippen molar-refractivity contribution in [3.05, 3.63) is 30.3 Å². The maximum atomic E-state index is 12.6. The Kier molecular flexibility index (Phi) is 5.19. The van der Waals surface area contributed by atoms with Crippen LogP contribution in [0.3, 0.4) is 0 Å². The highest BCUT2D eigenvalue weighted by molar-refractivity contribution is 6.28. The van der Waals surface area contributed by atoms with Crippen molar-refractivity contribution >= 4 is 34.5 Å². The van der Waals surface area contributed by atoms with Gasteiger partial charge >= 0.3 is 0 Å². The number of hydrogen-bond donors (Lipinski definition) is 2. The number of anilines is 1. The molecule has 1 amide bonds. The molecule has 10 heteroatoms. The van der Waals surface area contributed by atoms with Gasteiger partial charge in [-0.05, 0) is 30.9 Å². The molecule has 0 spiro atoms. The number of hydrogen-bond acceptors (Lipinski definition) is 6. The normalized spacial score (nSPS) is 17.4. The van der Waals surface area contributed by atoms with Crippen LogP contribution < -0.4 is 10.2 Å². The van der Waals surface area contributed by atoms with Crippen molar-refractivity contribution in [3.63, 3.8) is 0 Å².